The van der Waals surface area contributed by atoms with Gasteiger partial charge in [-0.25, -0.2) is 4.79 Å². The number of benzene rings is 1. The molecule has 0 aliphatic carbocycles. The first kappa shape index (κ1) is 19.2. The standard InChI is InChI=1S/C19H30N4O2/c1-3-20-18(24)15(2)21-19(25)22-17-9-7-16(8-10-17)11-14-23-12-5-4-6-13-23/h7-10,15H,3-6,11-14H2,1-2H3,(H,20,24)(H2,21,22,25)/t15-/m0/s1. The third-order valence-corrected chi connectivity index (χ3v) is 4.47. The summed E-state index contributed by atoms with van der Waals surface area (Å²) in [5.74, 6) is -0.189. The number of anilines is 1. The lowest BCUT2D eigenvalue weighted by Gasteiger charge is -2.26. The van der Waals surface area contributed by atoms with Gasteiger partial charge in [-0.05, 0) is 63.9 Å². The minimum atomic E-state index is -0.566. The van der Waals surface area contributed by atoms with Crippen LogP contribution >= 0.6 is 0 Å². The average molecular weight is 346 g/mol. The number of amides is 3. The fourth-order valence-electron chi connectivity index (χ4n) is 2.98. The Morgan fingerprint density at radius 2 is 1.80 bits per heavy atom. The lowest BCUT2D eigenvalue weighted by molar-refractivity contribution is -0.122. The predicted molar refractivity (Wildman–Crippen MR) is 101 cm³/mol. The van der Waals surface area contributed by atoms with Crippen molar-refractivity contribution in [1.29, 1.82) is 0 Å². The van der Waals surface area contributed by atoms with E-state index in [0.29, 0.717) is 6.54 Å². The molecule has 0 spiro atoms. The zero-order valence-electron chi connectivity index (χ0n) is 15.3. The van der Waals surface area contributed by atoms with E-state index in [-0.39, 0.29) is 11.9 Å². The minimum absolute atomic E-state index is 0.189. The molecule has 2 rings (SSSR count). The van der Waals surface area contributed by atoms with Crippen LogP contribution in [0.15, 0.2) is 24.3 Å². The van der Waals surface area contributed by atoms with Gasteiger partial charge in [-0.3, -0.25) is 4.79 Å². The molecule has 1 atom stereocenters. The number of nitrogens with one attached hydrogen (secondary N) is 3. The number of hydrogen-bond donors (Lipinski definition) is 3. The zero-order chi connectivity index (χ0) is 18.1. The van der Waals surface area contributed by atoms with Crippen molar-refractivity contribution in [3.63, 3.8) is 0 Å². The van der Waals surface area contributed by atoms with E-state index in [2.05, 4.69) is 20.9 Å². The Bertz CT molecular complexity index is 553. The second-order valence-corrected chi connectivity index (χ2v) is 6.56. The van der Waals surface area contributed by atoms with Crippen LogP contribution in [0.1, 0.15) is 38.7 Å². The second kappa shape index (κ2) is 10.0. The van der Waals surface area contributed by atoms with Gasteiger partial charge in [0.05, 0.1) is 0 Å². The summed E-state index contributed by atoms with van der Waals surface area (Å²) in [5, 5.41) is 8.07. The average Bonchev–Trinajstić information content (AvgIpc) is 2.62. The Morgan fingerprint density at radius 1 is 1.12 bits per heavy atom. The molecule has 1 fully saturated rings. The van der Waals surface area contributed by atoms with E-state index < -0.39 is 6.04 Å². The van der Waals surface area contributed by atoms with Crippen LogP contribution in [0.5, 0.6) is 0 Å². The molecule has 6 heteroatoms. The van der Waals surface area contributed by atoms with Gasteiger partial charge in [0.1, 0.15) is 6.04 Å². The van der Waals surface area contributed by atoms with Crippen LogP contribution in [-0.2, 0) is 11.2 Å². The fourth-order valence-corrected chi connectivity index (χ4v) is 2.98. The van der Waals surface area contributed by atoms with Crippen LogP contribution in [0, 0.1) is 0 Å². The minimum Gasteiger partial charge on any atom is -0.355 e. The Morgan fingerprint density at radius 3 is 2.44 bits per heavy atom. The summed E-state index contributed by atoms with van der Waals surface area (Å²) in [6, 6.07) is 6.96. The van der Waals surface area contributed by atoms with Gasteiger partial charge in [-0.1, -0.05) is 18.6 Å². The lowest BCUT2D eigenvalue weighted by Crippen LogP contribution is -2.46. The Balaban J connectivity index is 1.75. The summed E-state index contributed by atoms with van der Waals surface area (Å²) in [4.78, 5) is 26.1. The second-order valence-electron chi connectivity index (χ2n) is 6.56. The number of carbonyl (C=O) groups is 2. The summed E-state index contributed by atoms with van der Waals surface area (Å²) in [6.07, 6.45) is 5.01. The molecule has 0 unspecified atom stereocenters. The Kier molecular flexibility index (Phi) is 7.73. The van der Waals surface area contributed by atoms with E-state index in [1.54, 1.807) is 6.92 Å². The molecule has 1 aliphatic rings. The lowest BCUT2D eigenvalue weighted by atomic mass is 10.1. The van der Waals surface area contributed by atoms with Gasteiger partial charge < -0.3 is 20.9 Å². The molecule has 0 radical (unpaired) electrons. The van der Waals surface area contributed by atoms with Crippen molar-refractivity contribution in [2.75, 3.05) is 31.5 Å². The van der Waals surface area contributed by atoms with Crippen molar-refractivity contribution < 1.29 is 9.59 Å². The molecule has 3 N–H and O–H groups in total. The summed E-state index contributed by atoms with van der Waals surface area (Å²) >= 11 is 0. The van der Waals surface area contributed by atoms with Crippen LogP contribution in [0.3, 0.4) is 0 Å². The molecule has 25 heavy (non-hydrogen) atoms. The van der Waals surface area contributed by atoms with Gasteiger partial charge in [0, 0.05) is 18.8 Å². The highest BCUT2D eigenvalue weighted by Crippen LogP contribution is 2.13. The normalized spacial score (nSPS) is 16.1. The maximum absolute atomic E-state index is 11.9. The van der Waals surface area contributed by atoms with Gasteiger partial charge in [-0.15, -0.1) is 0 Å². The first-order valence-corrected chi connectivity index (χ1v) is 9.25. The molecule has 1 aromatic rings. The topological polar surface area (TPSA) is 73.5 Å². The maximum atomic E-state index is 11.9. The zero-order valence-corrected chi connectivity index (χ0v) is 15.3. The van der Waals surface area contributed by atoms with E-state index in [1.165, 1.54) is 37.9 Å². The van der Waals surface area contributed by atoms with Crippen molar-refractivity contribution >= 4 is 17.6 Å². The summed E-state index contributed by atoms with van der Waals surface area (Å²) in [7, 11) is 0. The van der Waals surface area contributed by atoms with Crippen molar-refractivity contribution in [2.24, 2.45) is 0 Å². The van der Waals surface area contributed by atoms with E-state index in [4.69, 9.17) is 0 Å². The molecule has 1 saturated heterocycles. The number of piperidine rings is 1. The van der Waals surface area contributed by atoms with Crippen LogP contribution in [0.25, 0.3) is 0 Å². The van der Waals surface area contributed by atoms with E-state index >= 15 is 0 Å². The molecule has 0 saturated carbocycles. The third kappa shape index (κ3) is 6.74. The highest BCUT2D eigenvalue weighted by Gasteiger charge is 2.14. The first-order valence-electron chi connectivity index (χ1n) is 9.25. The van der Waals surface area contributed by atoms with Crippen molar-refractivity contribution in [3.05, 3.63) is 29.8 Å². The number of urea groups is 1. The summed E-state index contributed by atoms with van der Waals surface area (Å²) < 4.78 is 0. The first-order chi connectivity index (χ1) is 12.1. The quantitative estimate of drug-likeness (QED) is 0.710. The molecule has 0 aromatic heterocycles. The molecule has 1 aromatic carbocycles. The Labute approximate surface area is 150 Å². The van der Waals surface area contributed by atoms with Gasteiger partial charge in [0.15, 0.2) is 0 Å². The van der Waals surface area contributed by atoms with Crippen LogP contribution in [0.4, 0.5) is 10.5 Å². The Hall–Kier alpha value is -2.08. The number of likely N-dealkylation sites (tertiary alicyclic amines) is 1. The smallest absolute Gasteiger partial charge is 0.319 e. The number of carbonyl (C=O) groups excluding carboxylic acids is 2. The van der Waals surface area contributed by atoms with Crippen molar-refractivity contribution in [2.45, 2.75) is 45.6 Å². The van der Waals surface area contributed by atoms with Crippen molar-refractivity contribution in [1.82, 2.24) is 15.5 Å². The monoisotopic (exact) mass is 346 g/mol. The van der Waals surface area contributed by atoms with Crippen LogP contribution < -0.4 is 16.0 Å². The van der Waals surface area contributed by atoms with Gasteiger partial charge >= 0.3 is 6.03 Å². The molecule has 6 nitrogen and oxygen atoms in total. The van der Waals surface area contributed by atoms with Crippen LogP contribution in [0.2, 0.25) is 0 Å². The van der Waals surface area contributed by atoms with Crippen LogP contribution in [-0.4, -0.2) is 49.1 Å². The molecular weight excluding hydrogens is 316 g/mol. The third-order valence-electron chi connectivity index (χ3n) is 4.47. The SMILES string of the molecule is CCNC(=O)[C@H](C)NC(=O)Nc1ccc(CCN2CCCCC2)cc1. The number of hydrogen-bond acceptors (Lipinski definition) is 3. The number of rotatable bonds is 7. The highest BCUT2D eigenvalue weighted by molar-refractivity contribution is 5.93. The number of nitrogens with zero attached hydrogens (tertiary/aromatic N) is 1. The van der Waals surface area contributed by atoms with E-state index in [9.17, 15) is 9.59 Å². The van der Waals surface area contributed by atoms with Gasteiger partial charge in [-0.2, -0.15) is 0 Å². The molecule has 138 valence electrons. The van der Waals surface area contributed by atoms with Gasteiger partial charge in [0.25, 0.3) is 0 Å². The maximum Gasteiger partial charge on any atom is 0.319 e. The van der Waals surface area contributed by atoms with Crippen molar-refractivity contribution in [3.8, 4) is 0 Å². The van der Waals surface area contributed by atoms with Gasteiger partial charge in [0.2, 0.25) is 5.91 Å². The highest BCUT2D eigenvalue weighted by atomic mass is 16.2. The largest absolute Gasteiger partial charge is 0.355 e. The summed E-state index contributed by atoms with van der Waals surface area (Å²) in [6.45, 7) is 7.57. The molecule has 0 bridgehead atoms. The summed E-state index contributed by atoms with van der Waals surface area (Å²) in [5.41, 5.74) is 1.99. The molecule has 3 amide bonds. The molecular formula is C19H30N4O2. The fraction of sp³-hybridized carbons (Fsp3) is 0.579. The molecule has 1 heterocycles. The predicted octanol–water partition coefficient (Wildman–Crippen LogP) is 2.36. The van der Waals surface area contributed by atoms with E-state index in [1.807, 2.05) is 31.2 Å². The number of likely N-dealkylation sites (N-methyl/N-ethyl adjacent to an activating group) is 1. The molecule has 1 aliphatic heterocycles. The van der Waals surface area contributed by atoms with E-state index in [0.717, 1.165) is 18.7 Å².